The molecule has 86 valence electrons. The highest BCUT2D eigenvalue weighted by atomic mass is 16.5. The molecule has 0 heterocycles. The summed E-state index contributed by atoms with van der Waals surface area (Å²) in [5.41, 5.74) is 6.79. The van der Waals surface area contributed by atoms with Crippen LogP contribution in [0, 0.1) is 5.92 Å². The van der Waals surface area contributed by atoms with Crippen LogP contribution in [0.25, 0.3) is 0 Å². The van der Waals surface area contributed by atoms with Gasteiger partial charge in [0.05, 0.1) is 5.92 Å². The fourth-order valence-corrected chi connectivity index (χ4v) is 2.08. The average molecular weight is 219 g/mol. The molecule has 0 saturated heterocycles. The van der Waals surface area contributed by atoms with Crippen LogP contribution in [0.1, 0.15) is 24.8 Å². The summed E-state index contributed by atoms with van der Waals surface area (Å²) in [6.07, 6.45) is 2.58. The zero-order valence-corrected chi connectivity index (χ0v) is 9.26. The lowest BCUT2D eigenvalue weighted by Crippen LogP contribution is -2.19. The van der Waals surface area contributed by atoms with E-state index in [0.29, 0.717) is 6.61 Å². The molecule has 3 heteroatoms. The molecular formula is C13H17NO2. The van der Waals surface area contributed by atoms with Crippen LogP contribution in [0.5, 0.6) is 0 Å². The Balaban J connectivity index is 1.80. The van der Waals surface area contributed by atoms with E-state index in [2.05, 4.69) is 0 Å². The Kier molecular flexibility index (Phi) is 3.57. The molecule has 2 rings (SSSR count). The molecule has 1 aromatic rings. The van der Waals surface area contributed by atoms with Gasteiger partial charge in [0.2, 0.25) is 0 Å². The minimum atomic E-state index is -0.100. The van der Waals surface area contributed by atoms with Gasteiger partial charge in [-0.15, -0.1) is 0 Å². The first-order valence-electron chi connectivity index (χ1n) is 5.72. The summed E-state index contributed by atoms with van der Waals surface area (Å²) >= 11 is 0. The lowest BCUT2D eigenvalue weighted by atomic mass is 10.1. The van der Waals surface area contributed by atoms with Crippen molar-refractivity contribution < 1.29 is 9.53 Å². The fraction of sp³-hybridized carbons (Fsp3) is 0.462. The van der Waals surface area contributed by atoms with Crippen LogP contribution in [0.15, 0.2) is 30.3 Å². The van der Waals surface area contributed by atoms with Gasteiger partial charge in [-0.1, -0.05) is 30.3 Å². The number of rotatable bonds is 3. The first-order valence-corrected chi connectivity index (χ1v) is 5.72. The Labute approximate surface area is 95.6 Å². The van der Waals surface area contributed by atoms with Gasteiger partial charge in [0.1, 0.15) is 6.61 Å². The molecule has 0 amide bonds. The van der Waals surface area contributed by atoms with Crippen molar-refractivity contribution in [3.63, 3.8) is 0 Å². The third-order valence-corrected chi connectivity index (χ3v) is 3.03. The van der Waals surface area contributed by atoms with Crippen molar-refractivity contribution in [2.75, 3.05) is 0 Å². The largest absolute Gasteiger partial charge is 0.461 e. The third-order valence-electron chi connectivity index (χ3n) is 3.03. The summed E-state index contributed by atoms with van der Waals surface area (Å²) in [6.45, 7) is 0.366. The monoisotopic (exact) mass is 219 g/mol. The Hall–Kier alpha value is -1.35. The molecule has 1 unspecified atom stereocenters. The maximum Gasteiger partial charge on any atom is 0.309 e. The zero-order valence-electron chi connectivity index (χ0n) is 9.26. The van der Waals surface area contributed by atoms with Crippen LogP contribution in [0.4, 0.5) is 0 Å². The van der Waals surface area contributed by atoms with Crippen LogP contribution in [0.2, 0.25) is 0 Å². The SMILES string of the molecule is NC1CC[C@H](C(=O)OCc2ccccc2)C1. The van der Waals surface area contributed by atoms with E-state index in [9.17, 15) is 4.79 Å². The molecule has 2 atom stereocenters. The van der Waals surface area contributed by atoms with Gasteiger partial charge in [0, 0.05) is 6.04 Å². The van der Waals surface area contributed by atoms with Crippen molar-refractivity contribution in [1.82, 2.24) is 0 Å². The van der Waals surface area contributed by atoms with Crippen LogP contribution in [-0.2, 0) is 16.1 Å². The highest BCUT2D eigenvalue weighted by molar-refractivity contribution is 5.72. The van der Waals surface area contributed by atoms with Gasteiger partial charge in [0.25, 0.3) is 0 Å². The summed E-state index contributed by atoms with van der Waals surface area (Å²) in [6, 6.07) is 9.90. The Bertz CT molecular complexity index is 350. The number of nitrogens with two attached hydrogens (primary N) is 1. The van der Waals surface area contributed by atoms with Crippen LogP contribution < -0.4 is 5.73 Å². The molecule has 1 aromatic carbocycles. The molecule has 1 fully saturated rings. The third kappa shape index (κ3) is 2.83. The Morgan fingerprint density at radius 1 is 1.31 bits per heavy atom. The van der Waals surface area contributed by atoms with Gasteiger partial charge in [-0.3, -0.25) is 4.79 Å². The predicted molar refractivity (Wildman–Crippen MR) is 61.6 cm³/mol. The number of esters is 1. The van der Waals surface area contributed by atoms with E-state index in [-0.39, 0.29) is 17.9 Å². The van der Waals surface area contributed by atoms with Crippen molar-refractivity contribution in [3.8, 4) is 0 Å². The molecule has 1 aliphatic rings. The number of hydrogen-bond donors (Lipinski definition) is 1. The summed E-state index contributed by atoms with van der Waals surface area (Å²) < 4.78 is 5.27. The number of hydrogen-bond acceptors (Lipinski definition) is 3. The van der Waals surface area contributed by atoms with Crippen molar-refractivity contribution in [1.29, 1.82) is 0 Å². The fourth-order valence-electron chi connectivity index (χ4n) is 2.08. The smallest absolute Gasteiger partial charge is 0.309 e. The van der Waals surface area contributed by atoms with E-state index >= 15 is 0 Å². The summed E-state index contributed by atoms with van der Waals surface area (Å²) in [7, 11) is 0. The Morgan fingerprint density at radius 2 is 2.06 bits per heavy atom. The summed E-state index contributed by atoms with van der Waals surface area (Å²) in [5, 5.41) is 0. The topological polar surface area (TPSA) is 52.3 Å². The van der Waals surface area contributed by atoms with Crippen molar-refractivity contribution in [2.24, 2.45) is 11.7 Å². The highest BCUT2D eigenvalue weighted by Crippen LogP contribution is 2.25. The quantitative estimate of drug-likeness (QED) is 0.789. The standard InChI is InChI=1S/C13H17NO2/c14-12-7-6-11(8-12)13(15)16-9-10-4-2-1-3-5-10/h1-5,11-12H,6-9,14H2/t11-,12?/m0/s1. The number of carbonyl (C=O) groups is 1. The van der Waals surface area contributed by atoms with Crippen molar-refractivity contribution >= 4 is 5.97 Å². The molecule has 3 nitrogen and oxygen atoms in total. The van der Waals surface area contributed by atoms with Crippen LogP contribution in [-0.4, -0.2) is 12.0 Å². The van der Waals surface area contributed by atoms with Gasteiger partial charge in [-0.25, -0.2) is 0 Å². The molecule has 0 aliphatic heterocycles. The van der Waals surface area contributed by atoms with Gasteiger partial charge in [-0.05, 0) is 24.8 Å². The first kappa shape index (κ1) is 11.1. The average Bonchev–Trinajstić information content (AvgIpc) is 2.74. The van der Waals surface area contributed by atoms with Gasteiger partial charge >= 0.3 is 5.97 Å². The van der Waals surface area contributed by atoms with Gasteiger partial charge < -0.3 is 10.5 Å². The second kappa shape index (κ2) is 5.12. The molecule has 1 aliphatic carbocycles. The highest BCUT2D eigenvalue weighted by Gasteiger charge is 2.28. The number of benzene rings is 1. The second-order valence-corrected chi connectivity index (χ2v) is 4.36. The lowest BCUT2D eigenvalue weighted by molar-refractivity contribution is -0.149. The second-order valence-electron chi connectivity index (χ2n) is 4.36. The minimum Gasteiger partial charge on any atom is -0.461 e. The van der Waals surface area contributed by atoms with E-state index in [1.165, 1.54) is 0 Å². The van der Waals surface area contributed by atoms with Gasteiger partial charge in [0.15, 0.2) is 0 Å². The van der Waals surface area contributed by atoms with Crippen LogP contribution >= 0.6 is 0 Å². The molecule has 0 aromatic heterocycles. The van der Waals surface area contributed by atoms with E-state index in [1.807, 2.05) is 30.3 Å². The normalized spacial score (nSPS) is 24.3. The molecular weight excluding hydrogens is 202 g/mol. The van der Waals surface area contributed by atoms with E-state index in [4.69, 9.17) is 10.5 Å². The van der Waals surface area contributed by atoms with Gasteiger partial charge in [-0.2, -0.15) is 0 Å². The lowest BCUT2D eigenvalue weighted by Gasteiger charge is -2.09. The molecule has 0 spiro atoms. The summed E-state index contributed by atoms with van der Waals surface area (Å²) in [4.78, 5) is 11.7. The van der Waals surface area contributed by atoms with E-state index < -0.39 is 0 Å². The number of carbonyl (C=O) groups excluding carboxylic acids is 1. The molecule has 0 bridgehead atoms. The van der Waals surface area contributed by atoms with Crippen LogP contribution in [0.3, 0.4) is 0 Å². The number of ether oxygens (including phenoxy) is 1. The van der Waals surface area contributed by atoms with E-state index in [0.717, 1.165) is 24.8 Å². The molecule has 0 radical (unpaired) electrons. The minimum absolute atomic E-state index is 0.0127. The zero-order chi connectivity index (χ0) is 11.4. The first-order chi connectivity index (χ1) is 7.75. The molecule has 1 saturated carbocycles. The summed E-state index contributed by atoms with van der Waals surface area (Å²) in [5.74, 6) is -0.0875. The Morgan fingerprint density at radius 3 is 2.69 bits per heavy atom. The maximum atomic E-state index is 11.7. The molecule has 2 N–H and O–H groups in total. The van der Waals surface area contributed by atoms with E-state index in [1.54, 1.807) is 0 Å². The van der Waals surface area contributed by atoms with Crippen molar-refractivity contribution in [3.05, 3.63) is 35.9 Å². The molecule has 16 heavy (non-hydrogen) atoms. The van der Waals surface area contributed by atoms with Crippen molar-refractivity contribution in [2.45, 2.75) is 31.9 Å². The predicted octanol–water partition coefficient (Wildman–Crippen LogP) is 1.86. The maximum absolute atomic E-state index is 11.7.